The second-order valence-corrected chi connectivity index (χ2v) is 8.47. The highest BCUT2D eigenvalue weighted by Gasteiger charge is 2.50. The molecule has 0 radical (unpaired) electrons. The Morgan fingerprint density at radius 1 is 1.37 bits per heavy atom. The van der Waals surface area contributed by atoms with Gasteiger partial charge in [-0.3, -0.25) is 9.48 Å². The number of hydrogen-bond donors (Lipinski definition) is 1. The molecule has 1 aliphatic heterocycles. The number of carboxylic acids is 1. The quantitative estimate of drug-likeness (QED) is 0.806. The fourth-order valence-corrected chi connectivity index (χ4v) is 4.92. The molecule has 5 rings (SSSR count). The molecule has 0 spiro atoms. The zero-order chi connectivity index (χ0) is 21.0. The maximum absolute atomic E-state index is 13.8. The lowest BCUT2D eigenvalue weighted by Gasteiger charge is -2.37. The summed E-state index contributed by atoms with van der Waals surface area (Å²) in [5.41, 5.74) is 1.83. The molecule has 9 heteroatoms. The summed E-state index contributed by atoms with van der Waals surface area (Å²) in [5.74, 6) is -0.819. The molecular formula is C21H23FN4O4. The molecule has 8 nitrogen and oxygen atoms in total. The fourth-order valence-electron chi connectivity index (χ4n) is 4.92. The SMILES string of the molecule is C[C@@H]1C[C@H](Oc2ncccc2F)CCN1C(=O)Cn1nc(C(=O)O)c2c1CC1CC21. The predicted octanol–water partition coefficient (Wildman–Crippen LogP) is 2.23. The number of amides is 1. The summed E-state index contributed by atoms with van der Waals surface area (Å²) >= 11 is 0. The lowest BCUT2D eigenvalue weighted by molar-refractivity contribution is -0.136. The van der Waals surface area contributed by atoms with Crippen LogP contribution in [-0.2, 0) is 17.8 Å². The number of halogens is 1. The smallest absolute Gasteiger partial charge is 0.356 e. The highest BCUT2D eigenvalue weighted by molar-refractivity contribution is 5.88. The van der Waals surface area contributed by atoms with E-state index in [4.69, 9.17) is 4.74 Å². The van der Waals surface area contributed by atoms with Gasteiger partial charge in [-0.15, -0.1) is 0 Å². The molecule has 158 valence electrons. The van der Waals surface area contributed by atoms with Crippen molar-refractivity contribution in [2.24, 2.45) is 5.92 Å². The molecule has 1 amide bonds. The highest BCUT2D eigenvalue weighted by atomic mass is 19.1. The Hall–Kier alpha value is -2.97. The third-order valence-electron chi connectivity index (χ3n) is 6.49. The van der Waals surface area contributed by atoms with E-state index in [1.807, 2.05) is 6.92 Å². The van der Waals surface area contributed by atoms with Crippen LogP contribution in [0.15, 0.2) is 18.3 Å². The summed E-state index contributed by atoms with van der Waals surface area (Å²) in [6.45, 7) is 2.47. The number of piperidine rings is 1. The molecule has 2 unspecified atom stereocenters. The van der Waals surface area contributed by atoms with E-state index in [1.54, 1.807) is 9.58 Å². The van der Waals surface area contributed by atoms with Crippen LogP contribution in [0.3, 0.4) is 0 Å². The number of rotatable bonds is 5. The second kappa shape index (κ2) is 7.07. The second-order valence-electron chi connectivity index (χ2n) is 8.47. The summed E-state index contributed by atoms with van der Waals surface area (Å²) < 4.78 is 21.1. The van der Waals surface area contributed by atoms with Crippen LogP contribution >= 0.6 is 0 Å². The number of fused-ring (bicyclic) bond motifs is 3. The Bertz CT molecular complexity index is 1020. The zero-order valence-electron chi connectivity index (χ0n) is 16.6. The van der Waals surface area contributed by atoms with Crippen LogP contribution < -0.4 is 4.74 Å². The van der Waals surface area contributed by atoms with Crippen LogP contribution in [0.25, 0.3) is 0 Å². The van der Waals surface area contributed by atoms with Gasteiger partial charge in [-0.05, 0) is 43.7 Å². The molecule has 1 saturated heterocycles. The number of pyridine rings is 1. The summed E-state index contributed by atoms with van der Waals surface area (Å²) in [6, 6.07) is 2.73. The van der Waals surface area contributed by atoms with Crippen LogP contribution in [0.5, 0.6) is 5.88 Å². The van der Waals surface area contributed by atoms with Crippen molar-refractivity contribution in [3.05, 3.63) is 41.1 Å². The lowest BCUT2D eigenvalue weighted by atomic mass is 10.0. The van der Waals surface area contributed by atoms with E-state index in [-0.39, 0.29) is 36.2 Å². The number of aromatic carboxylic acids is 1. The number of aromatic nitrogens is 3. The van der Waals surface area contributed by atoms with Crippen LogP contribution in [0.4, 0.5) is 4.39 Å². The van der Waals surface area contributed by atoms with E-state index in [2.05, 4.69) is 10.1 Å². The number of likely N-dealkylation sites (tertiary alicyclic amines) is 1. The molecule has 0 aromatic carbocycles. The average Bonchev–Trinajstić information content (AvgIpc) is 3.22. The number of carboxylic acid groups (broad SMARTS) is 1. The summed E-state index contributed by atoms with van der Waals surface area (Å²) in [5, 5.41) is 13.7. The van der Waals surface area contributed by atoms with E-state index >= 15 is 0 Å². The van der Waals surface area contributed by atoms with Gasteiger partial charge in [0.2, 0.25) is 5.91 Å². The molecule has 1 N–H and O–H groups in total. The van der Waals surface area contributed by atoms with Crippen molar-refractivity contribution in [1.29, 1.82) is 0 Å². The lowest BCUT2D eigenvalue weighted by Crippen LogP contribution is -2.48. The van der Waals surface area contributed by atoms with E-state index in [1.165, 1.54) is 18.3 Å². The predicted molar refractivity (Wildman–Crippen MR) is 103 cm³/mol. The number of hydrogen-bond acceptors (Lipinski definition) is 5. The monoisotopic (exact) mass is 414 g/mol. The van der Waals surface area contributed by atoms with Gasteiger partial charge < -0.3 is 14.7 Å². The Balaban J connectivity index is 1.25. The Kier molecular flexibility index (Phi) is 4.48. The first kappa shape index (κ1) is 19.0. The van der Waals surface area contributed by atoms with Crippen LogP contribution in [-0.4, -0.2) is 55.3 Å². The summed E-state index contributed by atoms with van der Waals surface area (Å²) in [4.78, 5) is 30.3. The van der Waals surface area contributed by atoms with Crippen molar-refractivity contribution >= 4 is 11.9 Å². The molecule has 2 fully saturated rings. The summed E-state index contributed by atoms with van der Waals surface area (Å²) in [6.07, 6.45) is 4.24. The first-order valence-electron chi connectivity index (χ1n) is 10.3. The van der Waals surface area contributed by atoms with E-state index in [0.717, 1.165) is 24.1 Å². The number of nitrogens with zero attached hydrogens (tertiary/aromatic N) is 4. The maximum Gasteiger partial charge on any atom is 0.356 e. The zero-order valence-corrected chi connectivity index (χ0v) is 16.6. The van der Waals surface area contributed by atoms with Crippen molar-refractivity contribution in [2.45, 2.75) is 57.2 Å². The van der Waals surface area contributed by atoms with Gasteiger partial charge in [-0.2, -0.15) is 5.10 Å². The number of ether oxygens (including phenoxy) is 1. The van der Waals surface area contributed by atoms with Crippen LogP contribution in [0.2, 0.25) is 0 Å². The van der Waals surface area contributed by atoms with Crippen molar-refractivity contribution < 1.29 is 23.8 Å². The fraction of sp³-hybridized carbons (Fsp3) is 0.524. The minimum Gasteiger partial charge on any atom is -0.476 e. The van der Waals surface area contributed by atoms with E-state index in [9.17, 15) is 19.1 Å². The molecule has 1 saturated carbocycles. The van der Waals surface area contributed by atoms with Crippen molar-refractivity contribution in [3.63, 3.8) is 0 Å². The van der Waals surface area contributed by atoms with Crippen molar-refractivity contribution in [2.75, 3.05) is 6.54 Å². The highest BCUT2D eigenvalue weighted by Crippen LogP contribution is 2.57. The molecule has 2 aliphatic carbocycles. The third kappa shape index (κ3) is 3.22. The summed E-state index contributed by atoms with van der Waals surface area (Å²) in [7, 11) is 0. The Morgan fingerprint density at radius 3 is 2.93 bits per heavy atom. The standard InChI is InChI=1S/C21H23FN4O4/c1-11-7-13(30-20-15(22)3-2-5-23-20)4-6-25(11)17(27)10-26-16-9-12-8-14(12)18(16)19(24-26)21(28)29/h2-3,5,11-14H,4,6-10H2,1H3,(H,28,29)/t11-,12?,13-,14?/m1/s1. The molecule has 4 atom stereocenters. The molecule has 30 heavy (non-hydrogen) atoms. The Labute approximate surface area is 172 Å². The van der Waals surface area contributed by atoms with Gasteiger partial charge >= 0.3 is 5.97 Å². The molecular weight excluding hydrogens is 391 g/mol. The Morgan fingerprint density at radius 2 is 2.20 bits per heavy atom. The molecule has 2 aromatic heterocycles. The van der Waals surface area contributed by atoms with Gasteiger partial charge in [0.05, 0.1) is 0 Å². The molecule has 3 aliphatic rings. The normalized spacial score (nSPS) is 26.8. The molecule has 2 aromatic rings. The third-order valence-corrected chi connectivity index (χ3v) is 6.49. The van der Waals surface area contributed by atoms with Gasteiger partial charge in [0.15, 0.2) is 11.5 Å². The number of carbonyl (C=O) groups excluding carboxylic acids is 1. The maximum atomic E-state index is 13.8. The van der Waals surface area contributed by atoms with E-state index < -0.39 is 11.8 Å². The van der Waals surface area contributed by atoms with Gasteiger partial charge in [0.1, 0.15) is 12.6 Å². The van der Waals surface area contributed by atoms with Crippen LogP contribution in [0.1, 0.15) is 53.8 Å². The van der Waals surface area contributed by atoms with Gasteiger partial charge in [0.25, 0.3) is 5.88 Å². The van der Waals surface area contributed by atoms with Gasteiger partial charge in [0, 0.05) is 42.9 Å². The topological polar surface area (TPSA) is 97.5 Å². The van der Waals surface area contributed by atoms with Gasteiger partial charge in [-0.25, -0.2) is 14.2 Å². The largest absolute Gasteiger partial charge is 0.476 e. The minimum atomic E-state index is -1.03. The van der Waals surface area contributed by atoms with Crippen LogP contribution in [0, 0.1) is 11.7 Å². The van der Waals surface area contributed by atoms with Gasteiger partial charge in [-0.1, -0.05) is 0 Å². The first-order chi connectivity index (χ1) is 14.4. The van der Waals surface area contributed by atoms with Crippen molar-refractivity contribution in [1.82, 2.24) is 19.7 Å². The average molecular weight is 414 g/mol. The number of carbonyl (C=O) groups is 2. The first-order valence-corrected chi connectivity index (χ1v) is 10.3. The molecule has 3 heterocycles. The van der Waals surface area contributed by atoms with Crippen molar-refractivity contribution in [3.8, 4) is 5.88 Å². The molecule has 0 bridgehead atoms. The van der Waals surface area contributed by atoms with E-state index in [0.29, 0.717) is 31.2 Å². The minimum absolute atomic E-state index is 0.0126.